The fourth-order valence-corrected chi connectivity index (χ4v) is 2.31. The van der Waals surface area contributed by atoms with Crippen molar-refractivity contribution in [1.82, 2.24) is 15.5 Å². The Balaban J connectivity index is 2.03. The topological polar surface area (TPSA) is 57.8 Å². The van der Waals surface area contributed by atoms with E-state index in [9.17, 15) is 4.79 Å². The van der Waals surface area contributed by atoms with Gasteiger partial charge in [-0.1, -0.05) is 57.5 Å². The number of rotatable bonds is 5. The zero-order valence-electron chi connectivity index (χ0n) is 14.0. The highest BCUT2D eigenvalue weighted by atomic mass is 16.1. The molecule has 4 heteroatoms. The molecule has 0 aliphatic carbocycles. The molecule has 0 fully saturated rings. The Hall–Kier alpha value is -2.10. The number of amides is 1. The third-order valence-corrected chi connectivity index (χ3v) is 3.94. The number of hydrogen-bond donors (Lipinski definition) is 2. The van der Waals surface area contributed by atoms with Gasteiger partial charge in [-0.05, 0) is 24.5 Å². The van der Waals surface area contributed by atoms with E-state index >= 15 is 0 Å². The fraction of sp³-hybridized carbons (Fsp3) is 0.444. The summed E-state index contributed by atoms with van der Waals surface area (Å²) < 4.78 is 0. The molecular formula is C18H25N3O. The van der Waals surface area contributed by atoms with Crippen LogP contribution in [0.2, 0.25) is 0 Å². The number of hydrogen-bond acceptors (Lipinski definition) is 2. The molecule has 2 rings (SSSR count). The minimum absolute atomic E-state index is 0.126. The zero-order valence-corrected chi connectivity index (χ0v) is 14.0. The average molecular weight is 299 g/mol. The van der Waals surface area contributed by atoms with E-state index in [0.29, 0.717) is 18.2 Å². The van der Waals surface area contributed by atoms with E-state index in [-0.39, 0.29) is 11.3 Å². The summed E-state index contributed by atoms with van der Waals surface area (Å²) in [4.78, 5) is 12.2. The normalized spacial score (nSPS) is 11.7. The van der Waals surface area contributed by atoms with Crippen LogP contribution in [0, 0.1) is 6.92 Å². The predicted octanol–water partition coefficient (Wildman–Crippen LogP) is 3.55. The van der Waals surface area contributed by atoms with Crippen molar-refractivity contribution >= 4 is 5.91 Å². The maximum absolute atomic E-state index is 12.2. The molecule has 0 bridgehead atoms. The molecule has 1 aromatic heterocycles. The number of benzene rings is 1. The Kier molecular flexibility index (Phi) is 4.69. The summed E-state index contributed by atoms with van der Waals surface area (Å²) >= 11 is 0. The number of aryl methyl sites for hydroxylation is 1. The van der Waals surface area contributed by atoms with Gasteiger partial charge < -0.3 is 5.32 Å². The van der Waals surface area contributed by atoms with Gasteiger partial charge in [-0.3, -0.25) is 9.89 Å². The van der Waals surface area contributed by atoms with E-state index in [1.165, 1.54) is 11.1 Å². The van der Waals surface area contributed by atoms with E-state index in [1.807, 2.05) is 6.07 Å². The molecule has 1 aromatic carbocycles. The molecule has 0 aliphatic heterocycles. The van der Waals surface area contributed by atoms with Gasteiger partial charge in [-0.15, -0.1) is 0 Å². The Morgan fingerprint density at radius 1 is 1.32 bits per heavy atom. The van der Waals surface area contributed by atoms with Crippen LogP contribution in [0.3, 0.4) is 0 Å². The molecule has 0 atom stereocenters. The molecule has 1 amide bonds. The molecule has 2 N–H and O–H groups in total. The lowest BCUT2D eigenvalue weighted by molar-refractivity contribution is 0.0940. The highest BCUT2D eigenvalue weighted by Gasteiger charge is 2.22. The Morgan fingerprint density at radius 3 is 2.64 bits per heavy atom. The van der Waals surface area contributed by atoms with Gasteiger partial charge in [0.15, 0.2) is 0 Å². The number of carbonyl (C=O) groups is 1. The summed E-state index contributed by atoms with van der Waals surface area (Å²) in [5.74, 6) is 0.196. The van der Waals surface area contributed by atoms with E-state index < -0.39 is 0 Å². The van der Waals surface area contributed by atoms with Crippen molar-refractivity contribution in [2.24, 2.45) is 0 Å². The van der Waals surface area contributed by atoms with Gasteiger partial charge in [-0.25, -0.2) is 0 Å². The zero-order chi connectivity index (χ0) is 16.3. The first kappa shape index (κ1) is 16.3. The molecular weight excluding hydrogens is 274 g/mol. The number of carbonyl (C=O) groups excluding carboxylic acids is 1. The van der Waals surface area contributed by atoms with Crippen LogP contribution in [0.15, 0.2) is 30.3 Å². The Bertz CT molecular complexity index is 656. The number of aromatic amines is 1. The smallest absolute Gasteiger partial charge is 0.271 e. The Morgan fingerprint density at radius 2 is 2.05 bits per heavy atom. The SMILES string of the molecule is Cc1cccc(C(C)(C)CNC(=O)c2cc(C(C)C)[nH]n2)c1. The summed E-state index contributed by atoms with van der Waals surface area (Å²) in [6.07, 6.45) is 0. The van der Waals surface area contributed by atoms with Gasteiger partial charge in [0.1, 0.15) is 5.69 Å². The van der Waals surface area contributed by atoms with E-state index in [4.69, 9.17) is 0 Å². The van der Waals surface area contributed by atoms with Crippen molar-refractivity contribution in [2.45, 2.75) is 46.0 Å². The molecule has 1 heterocycles. The number of nitrogens with zero attached hydrogens (tertiary/aromatic N) is 1. The minimum Gasteiger partial charge on any atom is -0.350 e. The maximum atomic E-state index is 12.2. The van der Waals surface area contributed by atoms with E-state index in [1.54, 1.807) is 0 Å². The van der Waals surface area contributed by atoms with Gasteiger partial charge in [0.25, 0.3) is 5.91 Å². The lowest BCUT2D eigenvalue weighted by Gasteiger charge is -2.25. The first-order valence-corrected chi connectivity index (χ1v) is 7.70. The van der Waals surface area contributed by atoms with E-state index in [0.717, 1.165) is 5.69 Å². The van der Waals surface area contributed by atoms with Crippen LogP contribution >= 0.6 is 0 Å². The van der Waals surface area contributed by atoms with Crippen LogP contribution in [-0.4, -0.2) is 22.6 Å². The van der Waals surface area contributed by atoms with Crippen molar-refractivity contribution in [3.05, 3.63) is 52.8 Å². The molecule has 22 heavy (non-hydrogen) atoms. The van der Waals surface area contributed by atoms with Crippen molar-refractivity contribution in [1.29, 1.82) is 0 Å². The highest BCUT2D eigenvalue weighted by molar-refractivity contribution is 5.92. The highest BCUT2D eigenvalue weighted by Crippen LogP contribution is 2.23. The van der Waals surface area contributed by atoms with Crippen molar-refractivity contribution in [3.63, 3.8) is 0 Å². The van der Waals surface area contributed by atoms with Crippen LogP contribution in [-0.2, 0) is 5.41 Å². The molecule has 0 saturated carbocycles. The predicted molar refractivity (Wildman–Crippen MR) is 89.2 cm³/mol. The molecule has 0 aliphatic rings. The van der Waals surface area contributed by atoms with Crippen molar-refractivity contribution in [2.75, 3.05) is 6.54 Å². The van der Waals surface area contributed by atoms with Gasteiger partial charge in [0, 0.05) is 17.7 Å². The van der Waals surface area contributed by atoms with Crippen LogP contribution in [0.1, 0.15) is 60.9 Å². The van der Waals surface area contributed by atoms with Crippen molar-refractivity contribution < 1.29 is 4.79 Å². The molecule has 4 nitrogen and oxygen atoms in total. The second-order valence-electron chi connectivity index (χ2n) is 6.80. The average Bonchev–Trinajstić information content (AvgIpc) is 2.95. The van der Waals surface area contributed by atoms with Gasteiger partial charge in [0.05, 0.1) is 0 Å². The number of H-pyrrole nitrogens is 1. The van der Waals surface area contributed by atoms with Crippen molar-refractivity contribution in [3.8, 4) is 0 Å². The van der Waals surface area contributed by atoms with Gasteiger partial charge >= 0.3 is 0 Å². The summed E-state index contributed by atoms with van der Waals surface area (Å²) in [7, 11) is 0. The molecule has 0 spiro atoms. The maximum Gasteiger partial charge on any atom is 0.271 e. The monoisotopic (exact) mass is 299 g/mol. The quantitative estimate of drug-likeness (QED) is 0.887. The summed E-state index contributed by atoms with van der Waals surface area (Å²) in [6, 6.07) is 10.2. The lowest BCUT2D eigenvalue weighted by Crippen LogP contribution is -2.36. The molecule has 0 saturated heterocycles. The molecule has 0 radical (unpaired) electrons. The molecule has 2 aromatic rings. The second kappa shape index (κ2) is 6.34. The van der Waals surface area contributed by atoms with Crippen LogP contribution in [0.4, 0.5) is 0 Å². The third-order valence-electron chi connectivity index (χ3n) is 3.94. The lowest BCUT2D eigenvalue weighted by atomic mass is 9.84. The summed E-state index contributed by atoms with van der Waals surface area (Å²) in [6.45, 7) is 11.0. The largest absolute Gasteiger partial charge is 0.350 e. The number of aromatic nitrogens is 2. The third kappa shape index (κ3) is 3.75. The summed E-state index contributed by atoms with van der Waals surface area (Å²) in [5.41, 5.74) is 3.74. The Labute approximate surface area is 132 Å². The van der Waals surface area contributed by atoms with Gasteiger partial charge in [0.2, 0.25) is 0 Å². The van der Waals surface area contributed by atoms with Crippen LogP contribution in [0.5, 0.6) is 0 Å². The van der Waals surface area contributed by atoms with Crippen LogP contribution < -0.4 is 5.32 Å². The molecule has 118 valence electrons. The fourth-order valence-electron chi connectivity index (χ4n) is 2.31. The first-order chi connectivity index (χ1) is 10.3. The summed E-state index contributed by atoms with van der Waals surface area (Å²) in [5, 5.41) is 9.99. The van der Waals surface area contributed by atoms with E-state index in [2.05, 4.69) is 74.4 Å². The number of nitrogens with one attached hydrogen (secondary N) is 2. The second-order valence-corrected chi connectivity index (χ2v) is 6.80. The minimum atomic E-state index is -0.135. The standard InChI is InChI=1S/C18H25N3O/c1-12(2)15-10-16(21-20-15)17(22)19-11-18(4,5)14-8-6-7-13(3)9-14/h6-10,12H,11H2,1-5H3,(H,19,22)(H,20,21). The first-order valence-electron chi connectivity index (χ1n) is 7.70. The van der Waals surface area contributed by atoms with Crippen LogP contribution in [0.25, 0.3) is 0 Å². The molecule has 0 unspecified atom stereocenters. The van der Waals surface area contributed by atoms with Gasteiger partial charge in [-0.2, -0.15) is 5.10 Å².